The third kappa shape index (κ3) is 4.15. The monoisotopic (exact) mass is 478 g/mol. The first-order valence-corrected chi connectivity index (χ1v) is 11.0. The second-order valence-electron chi connectivity index (χ2n) is 7.01. The molecule has 0 amide bonds. The summed E-state index contributed by atoms with van der Waals surface area (Å²) in [5, 5.41) is 1.43. The maximum Gasteiger partial charge on any atom is 0.332 e. The van der Waals surface area contributed by atoms with Crippen LogP contribution in [0.5, 0.6) is 0 Å². The van der Waals surface area contributed by atoms with Crippen molar-refractivity contribution in [2.45, 2.75) is 17.5 Å². The van der Waals surface area contributed by atoms with Gasteiger partial charge < -0.3 is 4.57 Å². The van der Waals surface area contributed by atoms with Crippen LogP contribution in [0.15, 0.2) is 57.2 Å². The third-order valence-corrected chi connectivity index (χ3v) is 6.53. The Hall–Kier alpha value is -2.55. The van der Waals surface area contributed by atoms with Crippen LogP contribution >= 0.6 is 35.0 Å². The molecule has 10 heteroatoms. The van der Waals surface area contributed by atoms with Crippen molar-refractivity contribution in [3.8, 4) is 0 Å². The fourth-order valence-electron chi connectivity index (χ4n) is 3.28. The number of thioether (sulfide) groups is 1. The van der Waals surface area contributed by atoms with Crippen LogP contribution in [0.2, 0.25) is 10.0 Å². The van der Waals surface area contributed by atoms with Crippen molar-refractivity contribution < 1.29 is 4.39 Å². The van der Waals surface area contributed by atoms with E-state index >= 15 is 0 Å². The average Bonchev–Trinajstić information content (AvgIpc) is 3.08. The van der Waals surface area contributed by atoms with Gasteiger partial charge in [-0.1, -0.05) is 53.2 Å². The topological polar surface area (TPSA) is 61.8 Å². The minimum atomic E-state index is -0.456. The minimum absolute atomic E-state index is 0.294. The lowest BCUT2D eigenvalue weighted by Crippen LogP contribution is -2.37. The van der Waals surface area contributed by atoms with E-state index in [9.17, 15) is 14.0 Å². The van der Waals surface area contributed by atoms with E-state index in [0.717, 1.165) is 15.7 Å². The molecule has 0 unspecified atom stereocenters. The second kappa shape index (κ2) is 8.53. The summed E-state index contributed by atoms with van der Waals surface area (Å²) < 4.78 is 17.5. The Morgan fingerprint density at radius 1 is 1.06 bits per heavy atom. The first kappa shape index (κ1) is 21.7. The molecule has 0 saturated heterocycles. The number of hydrogen-bond acceptors (Lipinski definition) is 4. The molecule has 0 aliphatic carbocycles. The van der Waals surface area contributed by atoms with Crippen molar-refractivity contribution in [2.75, 3.05) is 0 Å². The van der Waals surface area contributed by atoms with E-state index < -0.39 is 17.1 Å². The van der Waals surface area contributed by atoms with Gasteiger partial charge in [-0.05, 0) is 35.4 Å². The largest absolute Gasteiger partial charge is 0.332 e. The zero-order valence-corrected chi connectivity index (χ0v) is 18.9. The number of halogens is 3. The first-order chi connectivity index (χ1) is 14.8. The second-order valence-corrected chi connectivity index (χ2v) is 8.80. The smallest absolute Gasteiger partial charge is 0.309 e. The number of fused-ring (bicyclic) bond motifs is 1. The van der Waals surface area contributed by atoms with Gasteiger partial charge in [0.15, 0.2) is 16.3 Å². The van der Waals surface area contributed by atoms with Crippen molar-refractivity contribution in [1.82, 2.24) is 18.7 Å². The number of aryl methyl sites for hydroxylation is 1. The van der Waals surface area contributed by atoms with Crippen LogP contribution in [0.1, 0.15) is 11.1 Å². The van der Waals surface area contributed by atoms with E-state index in [1.54, 1.807) is 23.7 Å². The molecule has 2 aromatic heterocycles. The molecule has 0 atom stereocenters. The fraction of sp³-hybridized carbons (Fsp3) is 0.190. The molecule has 4 aromatic rings. The Morgan fingerprint density at radius 3 is 2.55 bits per heavy atom. The molecule has 0 spiro atoms. The summed E-state index contributed by atoms with van der Waals surface area (Å²) in [5.74, 6) is -0.00266. The summed E-state index contributed by atoms with van der Waals surface area (Å²) >= 11 is 13.6. The molecular weight excluding hydrogens is 462 g/mol. The van der Waals surface area contributed by atoms with E-state index in [4.69, 9.17) is 23.2 Å². The van der Waals surface area contributed by atoms with Gasteiger partial charge in [0, 0.05) is 29.9 Å². The Bertz CT molecular complexity index is 1430. The molecule has 6 nitrogen and oxygen atoms in total. The highest BCUT2D eigenvalue weighted by Gasteiger charge is 2.20. The highest BCUT2D eigenvalue weighted by Crippen LogP contribution is 2.29. The van der Waals surface area contributed by atoms with Crippen LogP contribution in [0.25, 0.3) is 11.2 Å². The van der Waals surface area contributed by atoms with Gasteiger partial charge >= 0.3 is 5.69 Å². The Morgan fingerprint density at radius 2 is 1.84 bits per heavy atom. The maximum absolute atomic E-state index is 13.4. The summed E-state index contributed by atoms with van der Waals surface area (Å²) in [4.78, 5) is 29.9. The summed E-state index contributed by atoms with van der Waals surface area (Å²) in [6.07, 6.45) is 0. The SMILES string of the molecule is Cn1c(=O)c2c(nc(SCc3ccc(F)cc3Cl)n2Cc2cccc(Cl)c2)n(C)c1=O. The molecule has 0 fully saturated rings. The maximum atomic E-state index is 13.4. The lowest BCUT2D eigenvalue weighted by Gasteiger charge is -2.10. The van der Waals surface area contributed by atoms with Crippen LogP contribution in [-0.2, 0) is 26.4 Å². The van der Waals surface area contributed by atoms with Gasteiger partial charge in [-0.25, -0.2) is 14.2 Å². The lowest BCUT2D eigenvalue weighted by molar-refractivity contribution is 0.627. The van der Waals surface area contributed by atoms with Gasteiger partial charge in [0.25, 0.3) is 5.56 Å². The summed E-state index contributed by atoms with van der Waals surface area (Å²) in [6, 6.07) is 11.5. The Labute approximate surface area is 190 Å². The minimum Gasteiger partial charge on any atom is -0.309 e. The zero-order chi connectivity index (χ0) is 22.3. The molecule has 2 heterocycles. The van der Waals surface area contributed by atoms with E-state index in [2.05, 4.69) is 4.98 Å². The highest BCUT2D eigenvalue weighted by molar-refractivity contribution is 7.98. The van der Waals surface area contributed by atoms with Gasteiger partial charge in [0.1, 0.15) is 5.82 Å². The van der Waals surface area contributed by atoms with Crippen LogP contribution < -0.4 is 11.2 Å². The molecule has 0 bridgehead atoms. The zero-order valence-electron chi connectivity index (χ0n) is 16.6. The summed E-state index contributed by atoms with van der Waals surface area (Å²) in [7, 11) is 3.01. The van der Waals surface area contributed by atoms with E-state index in [1.807, 2.05) is 18.2 Å². The van der Waals surface area contributed by atoms with E-state index in [0.29, 0.717) is 38.7 Å². The third-order valence-electron chi connectivity index (χ3n) is 4.91. The predicted octanol–water partition coefficient (Wildman–Crippen LogP) is 4.22. The highest BCUT2D eigenvalue weighted by atomic mass is 35.5. The molecule has 4 rings (SSSR count). The predicted molar refractivity (Wildman–Crippen MR) is 122 cm³/mol. The Balaban J connectivity index is 1.85. The van der Waals surface area contributed by atoms with Gasteiger partial charge in [-0.3, -0.25) is 13.9 Å². The molecule has 2 aromatic carbocycles. The normalized spacial score (nSPS) is 11.4. The molecule has 0 radical (unpaired) electrons. The number of hydrogen-bond donors (Lipinski definition) is 0. The van der Waals surface area contributed by atoms with Crippen molar-refractivity contribution >= 4 is 46.1 Å². The van der Waals surface area contributed by atoms with Crippen LogP contribution in [0.3, 0.4) is 0 Å². The molecule has 0 N–H and O–H groups in total. The summed E-state index contributed by atoms with van der Waals surface area (Å²) in [6.45, 7) is 0.337. The Kier molecular flexibility index (Phi) is 5.96. The molecule has 0 aliphatic rings. The number of aromatic nitrogens is 4. The molecule has 160 valence electrons. The molecule has 0 aliphatic heterocycles. The lowest BCUT2D eigenvalue weighted by atomic mass is 10.2. The first-order valence-electron chi connectivity index (χ1n) is 9.23. The number of nitrogens with zero attached hydrogens (tertiary/aromatic N) is 4. The molecular formula is C21H17Cl2FN4O2S. The van der Waals surface area contributed by atoms with Crippen molar-refractivity contribution in [3.63, 3.8) is 0 Å². The van der Waals surface area contributed by atoms with Gasteiger partial charge in [0.2, 0.25) is 0 Å². The summed E-state index contributed by atoms with van der Waals surface area (Å²) in [5.41, 5.74) is 1.34. The van der Waals surface area contributed by atoms with Crippen LogP contribution in [-0.4, -0.2) is 18.7 Å². The van der Waals surface area contributed by atoms with Crippen molar-refractivity contribution in [2.24, 2.45) is 14.1 Å². The van der Waals surface area contributed by atoms with Gasteiger partial charge in [-0.15, -0.1) is 0 Å². The van der Waals surface area contributed by atoms with Crippen molar-refractivity contribution in [1.29, 1.82) is 0 Å². The number of benzene rings is 2. The van der Waals surface area contributed by atoms with Crippen molar-refractivity contribution in [3.05, 3.63) is 90.3 Å². The van der Waals surface area contributed by atoms with E-state index in [1.165, 1.54) is 35.5 Å². The van der Waals surface area contributed by atoms with Gasteiger partial charge in [-0.2, -0.15) is 0 Å². The fourth-order valence-corrected chi connectivity index (χ4v) is 4.81. The van der Waals surface area contributed by atoms with Gasteiger partial charge in [0.05, 0.1) is 6.54 Å². The molecule has 31 heavy (non-hydrogen) atoms. The quantitative estimate of drug-likeness (QED) is 0.403. The average molecular weight is 479 g/mol. The molecule has 0 saturated carbocycles. The number of rotatable bonds is 5. The number of imidazole rings is 1. The van der Waals surface area contributed by atoms with Crippen LogP contribution in [0, 0.1) is 5.82 Å². The standard InChI is InChI=1S/C21H17Cl2FN4O2S/c1-26-18-17(19(29)27(2)21(26)30)28(10-12-4-3-5-14(22)8-12)20(25-18)31-11-13-6-7-15(24)9-16(13)23/h3-9H,10-11H2,1-2H3. The van der Waals surface area contributed by atoms with E-state index in [-0.39, 0.29) is 0 Å². The van der Waals surface area contributed by atoms with Crippen LogP contribution in [0.4, 0.5) is 4.39 Å².